The van der Waals surface area contributed by atoms with E-state index in [4.69, 9.17) is 0 Å². The largest absolute Gasteiger partial charge is 0.135 e. The summed E-state index contributed by atoms with van der Waals surface area (Å²) in [6.45, 7) is 0. The summed E-state index contributed by atoms with van der Waals surface area (Å²) < 4.78 is 8.14. The molecule has 3 heteroatoms. The first kappa shape index (κ1) is 26.1. The van der Waals surface area contributed by atoms with Gasteiger partial charge in [-0.3, -0.25) is 0 Å². The van der Waals surface area contributed by atoms with Gasteiger partial charge < -0.3 is 0 Å². The Morgan fingerprint density at radius 3 is 1.51 bits per heavy atom. The van der Waals surface area contributed by atoms with Crippen molar-refractivity contribution < 1.29 is 0 Å². The minimum atomic E-state index is 1.27. The average Bonchev–Trinajstić information content (AvgIpc) is 3.81. The number of thiophene rings is 3. The van der Waals surface area contributed by atoms with Crippen molar-refractivity contribution in [1.29, 1.82) is 0 Å². The van der Waals surface area contributed by atoms with Crippen molar-refractivity contribution in [2.75, 3.05) is 0 Å². The Labute approximate surface area is 282 Å². The van der Waals surface area contributed by atoms with Gasteiger partial charge in [0.15, 0.2) is 0 Å². The number of fused-ring (bicyclic) bond motifs is 12. The molecule has 0 N–H and O–H groups in total. The quantitative estimate of drug-likeness (QED) is 0.164. The molecule has 0 nitrogen and oxygen atoms in total. The van der Waals surface area contributed by atoms with Gasteiger partial charge in [0.1, 0.15) is 0 Å². The second kappa shape index (κ2) is 9.73. The molecule has 0 aliphatic carbocycles. The van der Waals surface area contributed by atoms with Crippen LogP contribution in [-0.4, -0.2) is 0 Å². The standard InChI is InChI=1S/C44H24S3/c1-3-12-29-27(10-1)40(25-20-21-26-31-22-23-38-43(44(31)47-39(26)24-25)33-15-6-8-18-36(33)46-38)28-11-2-4-13-30(28)41(29)34-16-9-19-37-42(34)32-14-5-7-17-35(32)45-37/h1-24H. The SMILES string of the molecule is c1ccc2c(c1)sc1cccc(-c3c4ccccc4c(-c4ccc5c(c4)sc4c5ccc5sc6ccccc6c54)c4ccccc34)c12. The van der Waals surface area contributed by atoms with E-state index in [0.29, 0.717) is 0 Å². The lowest BCUT2D eigenvalue weighted by Crippen LogP contribution is -1.91. The summed E-state index contributed by atoms with van der Waals surface area (Å²) >= 11 is 5.73. The third-order valence-electron chi connectivity index (χ3n) is 9.87. The highest BCUT2D eigenvalue weighted by atomic mass is 32.1. The van der Waals surface area contributed by atoms with Crippen LogP contribution < -0.4 is 0 Å². The number of hydrogen-bond acceptors (Lipinski definition) is 3. The van der Waals surface area contributed by atoms with Crippen LogP contribution in [0, 0.1) is 0 Å². The topological polar surface area (TPSA) is 0 Å². The van der Waals surface area contributed by atoms with Gasteiger partial charge in [-0.2, -0.15) is 0 Å². The van der Waals surface area contributed by atoms with E-state index in [2.05, 4.69) is 146 Å². The summed E-state index contributed by atoms with van der Waals surface area (Å²) in [6.07, 6.45) is 0. The molecular formula is C44H24S3. The van der Waals surface area contributed by atoms with Crippen LogP contribution in [0.2, 0.25) is 0 Å². The fourth-order valence-corrected chi connectivity index (χ4v) is 11.5. The van der Waals surface area contributed by atoms with E-state index in [1.165, 1.54) is 104 Å². The molecule has 11 rings (SSSR count). The molecule has 0 radical (unpaired) electrons. The molecule has 0 aliphatic heterocycles. The molecule has 3 aromatic heterocycles. The van der Waals surface area contributed by atoms with Gasteiger partial charge in [-0.1, -0.05) is 115 Å². The lowest BCUT2D eigenvalue weighted by molar-refractivity contribution is 1.71. The monoisotopic (exact) mass is 648 g/mol. The van der Waals surface area contributed by atoms with E-state index < -0.39 is 0 Å². The predicted octanol–water partition coefficient (Wildman–Crippen LogP) is 14.4. The fraction of sp³-hybridized carbons (Fsp3) is 0. The zero-order chi connectivity index (χ0) is 30.6. The Bertz CT molecular complexity index is 3020. The maximum Gasteiger partial charge on any atom is 0.0448 e. The van der Waals surface area contributed by atoms with Crippen molar-refractivity contribution >= 4 is 116 Å². The van der Waals surface area contributed by atoms with Gasteiger partial charge in [0.25, 0.3) is 0 Å². The molecule has 47 heavy (non-hydrogen) atoms. The third-order valence-corrected chi connectivity index (χ3v) is 13.3. The zero-order valence-electron chi connectivity index (χ0n) is 25.1. The van der Waals surface area contributed by atoms with Crippen molar-refractivity contribution in [1.82, 2.24) is 0 Å². The van der Waals surface area contributed by atoms with Gasteiger partial charge in [0.2, 0.25) is 0 Å². The van der Waals surface area contributed by atoms with Gasteiger partial charge in [0, 0.05) is 60.5 Å². The first-order chi connectivity index (χ1) is 23.3. The van der Waals surface area contributed by atoms with Gasteiger partial charge in [0.05, 0.1) is 0 Å². The Morgan fingerprint density at radius 1 is 0.298 bits per heavy atom. The highest BCUT2D eigenvalue weighted by molar-refractivity contribution is 7.29. The summed E-state index contributed by atoms with van der Waals surface area (Å²) in [4.78, 5) is 0. The molecule has 0 fully saturated rings. The molecule has 0 saturated carbocycles. The third kappa shape index (κ3) is 3.62. The highest BCUT2D eigenvalue weighted by Gasteiger charge is 2.20. The van der Waals surface area contributed by atoms with Crippen LogP contribution in [0.25, 0.3) is 104 Å². The van der Waals surface area contributed by atoms with E-state index in [0.717, 1.165) is 0 Å². The number of benzene rings is 8. The van der Waals surface area contributed by atoms with Crippen molar-refractivity contribution in [3.8, 4) is 22.3 Å². The van der Waals surface area contributed by atoms with Crippen LogP contribution in [0.15, 0.2) is 146 Å². The summed E-state index contributed by atoms with van der Waals surface area (Å²) in [6, 6.07) is 54.4. The van der Waals surface area contributed by atoms with Crippen LogP contribution in [0.3, 0.4) is 0 Å². The Morgan fingerprint density at radius 2 is 0.830 bits per heavy atom. The van der Waals surface area contributed by atoms with Crippen molar-refractivity contribution in [2.24, 2.45) is 0 Å². The smallest absolute Gasteiger partial charge is 0.0448 e. The minimum absolute atomic E-state index is 1.27. The molecule has 11 aromatic rings. The number of hydrogen-bond donors (Lipinski definition) is 0. The molecule has 3 heterocycles. The average molecular weight is 649 g/mol. The molecule has 0 saturated heterocycles. The summed E-state index contributed by atoms with van der Waals surface area (Å²) in [5.74, 6) is 0. The van der Waals surface area contributed by atoms with Crippen LogP contribution in [0.5, 0.6) is 0 Å². The first-order valence-electron chi connectivity index (χ1n) is 15.9. The second-order valence-corrected chi connectivity index (χ2v) is 15.6. The van der Waals surface area contributed by atoms with Gasteiger partial charge in [-0.05, 0) is 74.1 Å². The number of rotatable bonds is 2. The Hall–Kier alpha value is -5.06. The Balaban J connectivity index is 1.22. The molecule has 0 spiro atoms. The van der Waals surface area contributed by atoms with Crippen molar-refractivity contribution in [3.05, 3.63) is 146 Å². The van der Waals surface area contributed by atoms with Crippen LogP contribution >= 0.6 is 34.0 Å². The van der Waals surface area contributed by atoms with Gasteiger partial charge in [-0.15, -0.1) is 34.0 Å². The molecular weight excluding hydrogens is 625 g/mol. The first-order valence-corrected chi connectivity index (χ1v) is 18.4. The lowest BCUT2D eigenvalue weighted by Gasteiger charge is -2.18. The maximum absolute atomic E-state index is 2.45. The van der Waals surface area contributed by atoms with Gasteiger partial charge in [-0.25, -0.2) is 0 Å². The second-order valence-electron chi connectivity index (χ2n) is 12.3. The molecule has 0 amide bonds. The fourth-order valence-electron chi connectivity index (χ4n) is 7.91. The van der Waals surface area contributed by atoms with E-state index in [1.807, 2.05) is 34.0 Å². The van der Waals surface area contributed by atoms with E-state index in [9.17, 15) is 0 Å². The van der Waals surface area contributed by atoms with E-state index >= 15 is 0 Å². The van der Waals surface area contributed by atoms with Crippen molar-refractivity contribution in [3.63, 3.8) is 0 Å². The summed E-state index contributed by atoms with van der Waals surface area (Å²) in [5.41, 5.74) is 5.22. The maximum atomic E-state index is 2.45. The molecule has 0 atom stereocenters. The molecule has 0 bridgehead atoms. The summed E-state index contributed by atoms with van der Waals surface area (Å²) in [7, 11) is 0. The Kier molecular flexibility index (Phi) is 5.39. The van der Waals surface area contributed by atoms with Crippen LogP contribution in [0.4, 0.5) is 0 Å². The van der Waals surface area contributed by atoms with Crippen molar-refractivity contribution in [2.45, 2.75) is 0 Å². The minimum Gasteiger partial charge on any atom is -0.135 e. The van der Waals surface area contributed by atoms with Crippen LogP contribution in [0.1, 0.15) is 0 Å². The normalized spacial score (nSPS) is 12.3. The molecule has 0 aliphatic rings. The highest BCUT2D eigenvalue weighted by Crippen LogP contribution is 2.49. The lowest BCUT2D eigenvalue weighted by atomic mass is 9.85. The van der Waals surface area contributed by atoms with Crippen LogP contribution in [-0.2, 0) is 0 Å². The van der Waals surface area contributed by atoms with E-state index in [-0.39, 0.29) is 0 Å². The molecule has 218 valence electrons. The molecule has 8 aromatic carbocycles. The van der Waals surface area contributed by atoms with Gasteiger partial charge >= 0.3 is 0 Å². The summed E-state index contributed by atoms with van der Waals surface area (Å²) in [5, 5.41) is 13.3. The predicted molar refractivity (Wildman–Crippen MR) is 211 cm³/mol. The zero-order valence-corrected chi connectivity index (χ0v) is 27.5. The molecule has 0 unspecified atom stereocenters. The van der Waals surface area contributed by atoms with E-state index in [1.54, 1.807) is 0 Å².